The molecule has 1 saturated carbocycles. The largest absolute Gasteiger partial charge is 0.493 e. The minimum atomic E-state index is 0.0279. The molecule has 30 heavy (non-hydrogen) atoms. The van der Waals surface area contributed by atoms with Crippen molar-refractivity contribution in [3.63, 3.8) is 0 Å². The molecule has 7 nitrogen and oxygen atoms in total. The van der Waals surface area contributed by atoms with Crippen molar-refractivity contribution >= 4 is 45.5 Å². The Morgan fingerprint density at radius 3 is 2.83 bits per heavy atom. The van der Waals surface area contributed by atoms with Crippen LogP contribution in [0.4, 0.5) is 5.13 Å². The molecule has 0 unspecified atom stereocenters. The second-order valence-electron chi connectivity index (χ2n) is 6.70. The monoisotopic (exact) mass is 462 g/mol. The number of benzene rings is 1. The fourth-order valence-corrected chi connectivity index (χ4v) is 5.73. The van der Waals surface area contributed by atoms with Crippen LogP contribution in [0.1, 0.15) is 32.4 Å². The third kappa shape index (κ3) is 4.76. The van der Waals surface area contributed by atoms with Gasteiger partial charge in [-0.15, -0.1) is 21.5 Å². The highest BCUT2D eigenvalue weighted by molar-refractivity contribution is 8.00. The Kier molecular flexibility index (Phi) is 6.55. The number of hydrogen-bond donors (Lipinski definition) is 0. The fraction of sp³-hybridized carbons (Fsp3) is 0.400. The van der Waals surface area contributed by atoms with E-state index in [1.807, 2.05) is 25.1 Å². The van der Waals surface area contributed by atoms with E-state index in [2.05, 4.69) is 15.6 Å². The van der Waals surface area contributed by atoms with Crippen LogP contribution < -0.4 is 14.4 Å². The highest BCUT2D eigenvalue weighted by Gasteiger charge is 2.34. The summed E-state index contributed by atoms with van der Waals surface area (Å²) in [6, 6.07) is 6.15. The number of methoxy groups -OCH3 is 1. The van der Waals surface area contributed by atoms with Gasteiger partial charge in [-0.25, -0.2) is 4.98 Å². The van der Waals surface area contributed by atoms with Gasteiger partial charge in [0.1, 0.15) is 5.01 Å². The molecule has 10 heteroatoms. The molecule has 0 spiro atoms. The molecule has 1 fully saturated rings. The molecule has 158 valence electrons. The first-order valence-electron chi connectivity index (χ1n) is 9.60. The van der Waals surface area contributed by atoms with Crippen LogP contribution in [0.2, 0.25) is 0 Å². The Morgan fingerprint density at radius 2 is 2.13 bits per heavy atom. The van der Waals surface area contributed by atoms with E-state index < -0.39 is 0 Å². The molecular weight excluding hydrogens is 440 g/mol. The van der Waals surface area contributed by atoms with E-state index in [1.54, 1.807) is 42.0 Å². The van der Waals surface area contributed by atoms with Gasteiger partial charge in [0, 0.05) is 29.7 Å². The van der Waals surface area contributed by atoms with Crippen molar-refractivity contribution in [2.24, 2.45) is 0 Å². The zero-order valence-corrected chi connectivity index (χ0v) is 19.4. The maximum absolute atomic E-state index is 11.9. The number of thiazole rings is 1. The lowest BCUT2D eigenvalue weighted by Crippen LogP contribution is -2.30. The van der Waals surface area contributed by atoms with E-state index in [0.717, 1.165) is 39.2 Å². The Morgan fingerprint density at radius 1 is 1.30 bits per heavy atom. The minimum Gasteiger partial charge on any atom is -0.493 e. The molecule has 3 aromatic rings. The second-order valence-corrected chi connectivity index (χ2v) is 9.74. The summed E-state index contributed by atoms with van der Waals surface area (Å²) in [5, 5.41) is 12.1. The summed E-state index contributed by atoms with van der Waals surface area (Å²) in [5.74, 6) is 2.16. The van der Waals surface area contributed by atoms with E-state index in [-0.39, 0.29) is 5.91 Å². The molecule has 2 heterocycles. The summed E-state index contributed by atoms with van der Waals surface area (Å²) in [5.41, 5.74) is 1.98. The summed E-state index contributed by atoms with van der Waals surface area (Å²) in [4.78, 5) is 18.4. The highest BCUT2D eigenvalue weighted by atomic mass is 32.2. The molecular formula is C20H22N4O3S3. The number of carbonyl (C=O) groups is 1. The number of thioether (sulfide) groups is 1. The van der Waals surface area contributed by atoms with Gasteiger partial charge in [-0.1, -0.05) is 23.1 Å². The topological polar surface area (TPSA) is 77.4 Å². The van der Waals surface area contributed by atoms with Crippen LogP contribution in [0.25, 0.3) is 10.6 Å². The van der Waals surface area contributed by atoms with Crippen LogP contribution in [0, 0.1) is 0 Å². The highest BCUT2D eigenvalue weighted by Crippen LogP contribution is 2.37. The van der Waals surface area contributed by atoms with E-state index in [0.29, 0.717) is 29.3 Å². The molecule has 0 bridgehead atoms. The lowest BCUT2D eigenvalue weighted by atomic mass is 10.2. The van der Waals surface area contributed by atoms with E-state index in [1.165, 1.54) is 11.3 Å². The van der Waals surface area contributed by atoms with Crippen molar-refractivity contribution in [3.05, 3.63) is 29.3 Å². The molecule has 2 aromatic heterocycles. The molecule has 0 radical (unpaired) electrons. The number of hydrogen-bond acceptors (Lipinski definition) is 9. The minimum absolute atomic E-state index is 0.0279. The van der Waals surface area contributed by atoms with Gasteiger partial charge in [-0.3, -0.25) is 9.69 Å². The number of carbonyl (C=O) groups excluding carboxylic acids is 1. The normalized spacial score (nSPS) is 13.3. The summed E-state index contributed by atoms with van der Waals surface area (Å²) in [6.45, 7) is 4.12. The Labute approximate surface area is 187 Å². The lowest BCUT2D eigenvalue weighted by molar-refractivity contribution is -0.116. The number of aromatic nitrogens is 3. The number of amides is 1. The molecule has 0 saturated heterocycles. The third-order valence-electron chi connectivity index (χ3n) is 4.46. The Bertz CT molecular complexity index is 1030. The molecule has 1 aromatic carbocycles. The van der Waals surface area contributed by atoms with Crippen molar-refractivity contribution in [3.8, 4) is 22.1 Å². The first-order chi connectivity index (χ1) is 14.6. The number of ether oxygens (including phenoxy) is 2. The van der Waals surface area contributed by atoms with Crippen LogP contribution in [0.3, 0.4) is 0 Å². The quantitative estimate of drug-likeness (QED) is 0.331. The van der Waals surface area contributed by atoms with Gasteiger partial charge >= 0.3 is 0 Å². The van der Waals surface area contributed by atoms with Crippen LogP contribution in [-0.4, -0.2) is 40.8 Å². The van der Waals surface area contributed by atoms with Crippen molar-refractivity contribution in [2.75, 3.05) is 18.6 Å². The molecule has 1 aliphatic carbocycles. The average molecular weight is 463 g/mol. The zero-order chi connectivity index (χ0) is 21.1. The Hall–Kier alpha value is -2.17. The SMILES string of the molecule is CCOc1ccc(-c2nc(CSc3nnc(N(C(C)=O)C4CC4)s3)cs2)cc1OC. The van der Waals surface area contributed by atoms with E-state index >= 15 is 0 Å². The smallest absolute Gasteiger partial charge is 0.225 e. The number of nitrogens with zero attached hydrogens (tertiary/aromatic N) is 4. The predicted molar refractivity (Wildman–Crippen MR) is 121 cm³/mol. The third-order valence-corrected chi connectivity index (χ3v) is 7.49. The average Bonchev–Trinajstić information content (AvgIpc) is 3.25. The maximum Gasteiger partial charge on any atom is 0.225 e. The summed E-state index contributed by atoms with van der Waals surface area (Å²) in [7, 11) is 1.64. The van der Waals surface area contributed by atoms with Crippen molar-refractivity contribution in [2.45, 2.75) is 42.8 Å². The molecule has 0 N–H and O–H groups in total. The first kappa shape index (κ1) is 21.1. The van der Waals surface area contributed by atoms with Crippen LogP contribution >= 0.6 is 34.4 Å². The van der Waals surface area contributed by atoms with Gasteiger partial charge in [0.25, 0.3) is 0 Å². The van der Waals surface area contributed by atoms with Gasteiger partial charge < -0.3 is 9.47 Å². The zero-order valence-electron chi connectivity index (χ0n) is 17.0. The van der Waals surface area contributed by atoms with E-state index in [4.69, 9.17) is 14.5 Å². The summed E-state index contributed by atoms with van der Waals surface area (Å²) in [6.07, 6.45) is 2.08. The summed E-state index contributed by atoms with van der Waals surface area (Å²) >= 11 is 4.65. The number of rotatable bonds is 9. The molecule has 0 aliphatic heterocycles. The van der Waals surface area contributed by atoms with Gasteiger partial charge in [-0.2, -0.15) is 0 Å². The van der Waals surface area contributed by atoms with Gasteiger partial charge in [-0.05, 0) is 38.0 Å². The van der Waals surface area contributed by atoms with Crippen LogP contribution in [0.5, 0.6) is 11.5 Å². The Balaban J connectivity index is 1.41. The van der Waals surface area contributed by atoms with Gasteiger partial charge in [0.15, 0.2) is 15.8 Å². The molecule has 4 rings (SSSR count). The van der Waals surface area contributed by atoms with Crippen molar-refractivity contribution in [1.29, 1.82) is 0 Å². The molecule has 1 amide bonds. The van der Waals surface area contributed by atoms with Crippen molar-refractivity contribution in [1.82, 2.24) is 15.2 Å². The first-order valence-corrected chi connectivity index (χ1v) is 12.3. The van der Waals surface area contributed by atoms with Crippen molar-refractivity contribution < 1.29 is 14.3 Å². The fourth-order valence-electron chi connectivity index (χ4n) is 2.96. The molecule has 1 aliphatic rings. The lowest BCUT2D eigenvalue weighted by Gasteiger charge is -2.15. The van der Waals surface area contributed by atoms with Crippen LogP contribution in [-0.2, 0) is 10.5 Å². The van der Waals surface area contributed by atoms with Crippen LogP contribution in [0.15, 0.2) is 27.9 Å². The summed E-state index contributed by atoms with van der Waals surface area (Å²) < 4.78 is 11.9. The number of anilines is 1. The standard InChI is InChI=1S/C20H22N4O3S3/c1-4-27-16-8-5-13(9-17(16)26-3)18-21-14(10-28-18)11-29-20-23-22-19(30-20)24(12(2)25)15-6-7-15/h5,8-10,15H,4,6-7,11H2,1-3H3. The van der Waals surface area contributed by atoms with E-state index in [9.17, 15) is 4.79 Å². The predicted octanol–water partition coefficient (Wildman–Crippen LogP) is 4.88. The van der Waals surface area contributed by atoms with Gasteiger partial charge in [0.05, 0.1) is 19.4 Å². The maximum atomic E-state index is 11.9. The molecule has 0 atom stereocenters. The second kappa shape index (κ2) is 9.32. The van der Waals surface area contributed by atoms with Gasteiger partial charge in [0.2, 0.25) is 11.0 Å².